The summed E-state index contributed by atoms with van der Waals surface area (Å²) in [5.41, 5.74) is 3.09. The fourth-order valence-corrected chi connectivity index (χ4v) is 3.81. The van der Waals surface area contributed by atoms with Crippen LogP contribution in [0.1, 0.15) is 41.2 Å². The largest absolute Gasteiger partial charge is 0.496 e. The quantitative estimate of drug-likeness (QED) is 0.678. The lowest BCUT2D eigenvalue weighted by Crippen LogP contribution is -2.35. The van der Waals surface area contributed by atoms with E-state index in [4.69, 9.17) is 14.5 Å². The van der Waals surface area contributed by atoms with Crippen molar-refractivity contribution in [1.29, 1.82) is 0 Å². The van der Waals surface area contributed by atoms with Gasteiger partial charge in [0.2, 0.25) is 0 Å². The van der Waals surface area contributed by atoms with E-state index in [0.717, 1.165) is 42.0 Å². The summed E-state index contributed by atoms with van der Waals surface area (Å²) in [4.78, 5) is 22.1. The van der Waals surface area contributed by atoms with E-state index in [-0.39, 0.29) is 11.9 Å². The van der Waals surface area contributed by atoms with Crippen molar-refractivity contribution in [3.8, 4) is 23.0 Å². The molecule has 1 aliphatic heterocycles. The number of ether oxygens (including phenoxy) is 2. The van der Waals surface area contributed by atoms with Crippen molar-refractivity contribution in [2.24, 2.45) is 0 Å². The number of benzene rings is 1. The number of amides is 1. The third kappa shape index (κ3) is 3.54. The van der Waals surface area contributed by atoms with Gasteiger partial charge in [0, 0.05) is 24.3 Å². The Labute approximate surface area is 174 Å². The van der Waals surface area contributed by atoms with Gasteiger partial charge in [-0.1, -0.05) is 12.1 Å². The number of nitrogens with zero attached hydrogens (tertiary/aromatic N) is 4. The van der Waals surface area contributed by atoms with Gasteiger partial charge in [-0.05, 0) is 37.5 Å². The molecule has 3 aromatic rings. The first-order chi connectivity index (χ1) is 14.7. The third-order valence-electron chi connectivity index (χ3n) is 5.50. The van der Waals surface area contributed by atoms with Crippen LogP contribution in [0, 0.1) is 0 Å². The molecule has 5 rings (SSSR count). The number of carbonyl (C=O) groups excluding carboxylic acids is 1. The summed E-state index contributed by atoms with van der Waals surface area (Å²) >= 11 is 0. The van der Waals surface area contributed by atoms with Crippen LogP contribution in [-0.4, -0.2) is 52.0 Å². The van der Waals surface area contributed by atoms with E-state index in [1.165, 1.54) is 0 Å². The lowest BCUT2D eigenvalue weighted by atomic mass is 10.1. The molecule has 1 aliphatic carbocycles. The highest BCUT2D eigenvalue weighted by atomic mass is 16.5. The molecule has 1 saturated heterocycles. The first kappa shape index (κ1) is 18.7. The summed E-state index contributed by atoms with van der Waals surface area (Å²) in [5, 5.41) is 7.55. The van der Waals surface area contributed by atoms with Gasteiger partial charge in [-0.2, -0.15) is 5.10 Å². The fraction of sp³-hybridized carbons (Fsp3) is 0.364. The van der Waals surface area contributed by atoms with Crippen molar-refractivity contribution >= 4 is 5.91 Å². The smallest absolute Gasteiger partial charge is 0.255 e. The van der Waals surface area contributed by atoms with Gasteiger partial charge in [-0.25, -0.2) is 14.6 Å². The highest BCUT2D eigenvalue weighted by molar-refractivity contribution is 5.95. The Morgan fingerprint density at radius 1 is 1.23 bits per heavy atom. The van der Waals surface area contributed by atoms with Gasteiger partial charge >= 0.3 is 0 Å². The molecule has 2 aromatic heterocycles. The van der Waals surface area contributed by atoms with Crippen LogP contribution in [0.4, 0.5) is 0 Å². The summed E-state index contributed by atoms with van der Waals surface area (Å²) in [6.07, 6.45) is 6.23. The minimum Gasteiger partial charge on any atom is -0.496 e. The number of carbonyl (C=O) groups is 1. The maximum absolute atomic E-state index is 12.9. The molecule has 1 N–H and O–H groups in total. The van der Waals surface area contributed by atoms with E-state index in [2.05, 4.69) is 15.4 Å². The van der Waals surface area contributed by atoms with Crippen molar-refractivity contribution in [1.82, 2.24) is 25.1 Å². The van der Waals surface area contributed by atoms with Crippen molar-refractivity contribution in [3.63, 3.8) is 0 Å². The molecule has 3 heterocycles. The molecule has 1 aromatic carbocycles. The number of rotatable bonds is 6. The Bertz CT molecular complexity index is 1070. The summed E-state index contributed by atoms with van der Waals surface area (Å²) in [6, 6.07) is 9.61. The molecule has 0 spiro atoms. The summed E-state index contributed by atoms with van der Waals surface area (Å²) in [5.74, 6) is 1.37. The van der Waals surface area contributed by atoms with E-state index in [0.29, 0.717) is 30.6 Å². The average Bonchev–Trinajstić information content (AvgIpc) is 3.31. The first-order valence-electron chi connectivity index (χ1n) is 10.2. The van der Waals surface area contributed by atoms with Gasteiger partial charge in [0.15, 0.2) is 0 Å². The van der Waals surface area contributed by atoms with Crippen LogP contribution >= 0.6 is 0 Å². The maximum Gasteiger partial charge on any atom is 0.255 e. The Morgan fingerprint density at radius 3 is 2.87 bits per heavy atom. The standard InChI is InChI=1S/C22H23N5O3/c1-29-19-5-3-2-4-16(19)18-8-10-23-22(26-18)27-20(14-6-7-14)17(12-24-27)21(28)25-15-9-11-30-13-15/h2-5,8,10,12,14-15H,6-7,9,11,13H2,1H3,(H,25,28). The second kappa shape index (κ2) is 7.87. The van der Waals surface area contributed by atoms with E-state index >= 15 is 0 Å². The molecule has 1 atom stereocenters. The van der Waals surface area contributed by atoms with Crippen molar-refractivity contribution in [2.45, 2.75) is 31.2 Å². The molecule has 1 amide bonds. The summed E-state index contributed by atoms with van der Waals surface area (Å²) in [7, 11) is 1.64. The number of methoxy groups -OCH3 is 1. The molecule has 2 aliphatic rings. The molecule has 30 heavy (non-hydrogen) atoms. The zero-order valence-corrected chi connectivity index (χ0v) is 16.7. The normalized spacial score (nSPS) is 18.4. The van der Waals surface area contributed by atoms with Gasteiger partial charge in [0.05, 0.1) is 42.9 Å². The van der Waals surface area contributed by atoms with Crippen molar-refractivity contribution in [2.75, 3.05) is 20.3 Å². The van der Waals surface area contributed by atoms with Crippen LogP contribution in [0.3, 0.4) is 0 Å². The highest BCUT2D eigenvalue weighted by Crippen LogP contribution is 2.42. The van der Waals surface area contributed by atoms with E-state index in [9.17, 15) is 4.79 Å². The van der Waals surface area contributed by atoms with Crippen molar-refractivity contribution in [3.05, 3.63) is 54.0 Å². The molecule has 154 valence electrons. The highest BCUT2D eigenvalue weighted by Gasteiger charge is 2.34. The molecule has 1 saturated carbocycles. The maximum atomic E-state index is 12.9. The molecular weight excluding hydrogens is 382 g/mol. The van der Waals surface area contributed by atoms with Crippen LogP contribution in [0.2, 0.25) is 0 Å². The molecule has 1 unspecified atom stereocenters. The van der Waals surface area contributed by atoms with Crippen LogP contribution < -0.4 is 10.1 Å². The zero-order chi connectivity index (χ0) is 20.5. The monoisotopic (exact) mass is 405 g/mol. The third-order valence-corrected chi connectivity index (χ3v) is 5.50. The van der Waals surface area contributed by atoms with Crippen LogP contribution in [0.15, 0.2) is 42.7 Å². The minimum absolute atomic E-state index is 0.0537. The summed E-state index contributed by atoms with van der Waals surface area (Å²) < 4.78 is 12.5. The first-order valence-corrected chi connectivity index (χ1v) is 10.2. The summed E-state index contributed by atoms with van der Waals surface area (Å²) in [6.45, 7) is 1.24. The average molecular weight is 405 g/mol. The molecule has 8 heteroatoms. The topological polar surface area (TPSA) is 91.2 Å². The SMILES string of the molecule is COc1ccccc1-c1ccnc(-n2ncc(C(=O)NC3CCOC3)c2C2CC2)n1. The van der Waals surface area contributed by atoms with Gasteiger partial charge in [0.1, 0.15) is 5.75 Å². The van der Waals surface area contributed by atoms with Gasteiger partial charge < -0.3 is 14.8 Å². The second-order valence-corrected chi connectivity index (χ2v) is 7.61. The van der Waals surface area contributed by atoms with Crippen molar-refractivity contribution < 1.29 is 14.3 Å². The van der Waals surface area contributed by atoms with Gasteiger partial charge in [-0.15, -0.1) is 0 Å². The number of aromatic nitrogens is 4. The molecular formula is C22H23N5O3. The Balaban J connectivity index is 1.50. The predicted octanol–water partition coefficient (Wildman–Crippen LogP) is 2.73. The molecule has 2 fully saturated rings. The van der Waals surface area contributed by atoms with E-state index in [1.54, 1.807) is 24.2 Å². The van der Waals surface area contributed by atoms with E-state index < -0.39 is 0 Å². The lowest BCUT2D eigenvalue weighted by Gasteiger charge is -2.12. The molecule has 0 radical (unpaired) electrons. The Kier molecular flexibility index (Phi) is 4.92. The second-order valence-electron chi connectivity index (χ2n) is 7.61. The minimum atomic E-state index is -0.112. The number of nitrogens with one attached hydrogen (secondary N) is 1. The predicted molar refractivity (Wildman–Crippen MR) is 110 cm³/mol. The van der Waals surface area contributed by atoms with Gasteiger partial charge in [0.25, 0.3) is 11.9 Å². The number of hydrogen-bond donors (Lipinski definition) is 1. The molecule has 0 bridgehead atoms. The van der Waals surface area contributed by atoms with Crippen LogP contribution in [0.25, 0.3) is 17.2 Å². The van der Waals surface area contributed by atoms with Crippen LogP contribution in [-0.2, 0) is 4.74 Å². The zero-order valence-electron chi connectivity index (χ0n) is 16.7. The van der Waals surface area contributed by atoms with E-state index in [1.807, 2.05) is 30.3 Å². The van der Waals surface area contributed by atoms with Crippen LogP contribution in [0.5, 0.6) is 5.75 Å². The van der Waals surface area contributed by atoms with Gasteiger partial charge in [-0.3, -0.25) is 4.79 Å². The molecule has 8 nitrogen and oxygen atoms in total. The number of hydrogen-bond acceptors (Lipinski definition) is 6. The Morgan fingerprint density at radius 2 is 2.10 bits per heavy atom. The fourth-order valence-electron chi connectivity index (χ4n) is 3.81. The lowest BCUT2D eigenvalue weighted by molar-refractivity contribution is 0.0929. The Hall–Kier alpha value is -3.26. The number of para-hydroxylation sites is 1.